The van der Waals surface area contributed by atoms with Gasteiger partial charge in [-0.25, -0.2) is 0 Å². The summed E-state index contributed by atoms with van der Waals surface area (Å²) in [5, 5.41) is 8.42. The lowest BCUT2D eigenvalue weighted by Gasteiger charge is -2.28. The van der Waals surface area contributed by atoms with E-state index in [-0.39, 0.29) is 0 Å². The van der Waals surface area contributed by atoms with Crippen molar-refractivity contribution in [2.45, 2.75) is 64.2 Å². The van der Waals surface area contributed by atoms with Gasteiger partial charge in [-0.1, -0.05) is 68.0 Å². The molecule has 0 aromatic heterocycles. The van der Waals surface area contributed by atoms with Crippen LogP contribution >= 0.6 is 0 Å². The third kappa shape index (κ3) is 6.81. The molecule has 1 fully saturated rings. The van der Waals surface area contributed by atoms with Crippen molar-refractivity contribution in [2.24, 2.45) is 16.1 Å². The lowest BCUT2D eigenvalue weighted by Crippen LogP contribution is -2.12. The SMILES string of the molecule is C=CCCCc1ccc(C=NN=Cc2ccc([C@H]3CC[C@H](CC)CC3)cc2)cc1. The highest BCUT2D eigenvalue weighted by Crippen LogP contribution is 2.36. The highest BCUT2D eigenvalue weighted by atomic mass is 15.2. The maximum Gasteiger partial charge on any atom is 0.0568 e. The van der Waals surface area contributed by atoms with Crippen molar-refractivity contribution in [3.63, 3.8) is 0 Å². The zero-order valence-electron chi connectivity index (χ0n) is 17.8. The van der Waals surface area contributed by atoms with Crippen molar-refractivity contribution in [1.82, 2.24) is 0 Å². The van der Waals surface area contributed by atoms with Crippen LogP contribution in [-0.4, -0.2) is 12.4 Å². The largest absolute Gasteiger partial charge is 0.159 e. The van der Waals surface area contributed by atoms with Crippen LogP contribution in [0.15, 0.2) is 71.4 Å². The monoisotopic (exact) mass is 386 g/mol. The molecule has 29 heavy (non-hydrogen) atoms. The molecular weight excluding hydrogens is 352 g/mol. The van der Waals surface area contributed by atoms with E-state index in [0.717, 1.165) is 42.2 Å². The first-order chi connectivity index (χ1) is 14.3. The predicted molar refractivity (Wildman–Crippen MR) is 126 cm³/mol. The van der Waals surface area contributed by atoms with Crippen LogP contribution in [-0.2, 0) is 6.42 Å². The average molecular weight is 387 g/mol. The number of aryl methyl sites for hydroxylation is 1. The van der Waals surface area contributed by atoms with E-state index < -0.39 is 0 Å². The molecule has 2 nitrogen and oxygen atoms in total. The van der Waals surface area contributed by atoms with Gasteiger partial charge < -0.3 is 0 Å². The van der Waals surface area contributed by atoms with E-state index in [2.05, 4.69) is 72.2 Å². The molecule has 3 rings (SSSR count). The highest BCUT2D eigenvalue weighted by Gasteiger charge is 2.20. The molecule has 0 aliphatic heterocycles. The second kappa shape index (κ2) is 11.5. The summed E-state index contributed by atoms with van der Waals surface area (Å²) in [6.45, 7) is 6.09. The number of hydrogen-bond donors (Lipinski definition) is 0. The minimum atomic E-state index is 0.738. The highest BCUT2D eigenvalue weighted by molar-refractivity contribution is 5.82. The van der Waals surface area contributed by atoms with E-state index >= 15 is 0 Å². The smallest absolute Gasteiger partial charge is 0.0568 e. The van der Waals surface area contributed by atoms with Gasteiger partial charge >= 0.3 is 0 Å². The average Bonchev–Trinajstić information content (AvgIpc) is 2.78. The molecule has 0 saturated heterocycles. The maximum absolute atomic E-state index is 4.22. The molecule has 2 aromatic rings. The predicted octanol–water partition coefficient (Wildman–Crippen LogP) is 7.33. The first kappa shape index (κ1) is 21.2. The van der Waals surface area contributed by atoms with Gasteiger partial charge in [-0.3, -0.25) is 0 Å². The van der Waals surface area contributed by atoms with Crippen molar-refractivity contribution < 1.29 is 0 Å². The van der Waals surface area contributed by atoms with Gasteiger partial charge in [0.25, 0.3) is 0 Å². The van der Waals surface area contributed by atoms with Crippen molar-refractivity contribution in [2.75, 3.05) is 0 Å². The molecule has 0 heterocycles. The van der Waals surface area contributed by atoms with Gasteiger partial charge in [0.2, 0.25) is 0 Å². The van der Waals surface area contributed by atoms with Gasteiger partial charge in [0.05, 0.1) is 12.4 Å². The molecule has 152 valence electrons. The van der Waals surface area contributed by atoms with Crippen molar-refractivity contribution in [3.8, 4) is 0 Å². The van der Waals surface area contributed by atoms with Gasteiger partial charge in [0, 0.05) is 0 Å². The van der Waals surface area contributed by atoms with Crippen LogP contribution in [0.3, 0.4) is 0 Å². The molecule has 0 unspecified atom stereocenters. The molecule has 0 bridgehead atoms. The fourth-order valence-electron chi connectivity index (χ4n) is 4.18. The zero-order valence-corrected chi connectivity index (χ0v) is 17.8. The van der Waals surface area contributed by atoms with E-state index in [1.165, 1.54) is 43.2 Å². The number of benzene rings is 2. The lowest BCUT2D eigenvalue weighted by atomic mass is 9.78. The van der Waals surface area contributed by atoms with Crippen LogP contribution < -0.4 is 0 Å². The Morgan fingerprint density at radius 1 is 0.862 bits per heavy atom. The summed E-state index contributed by atoms with van der Waals surface area (Å²) in [4.78, 5) is 0. The van der Waals surface area contributed by atoms with Crippen molar-refractivity contribution in [1.29, 1.82) is 0 Å². The number of allylic oxidation sites excluding steroid dienone is 1. The number of nitrogens with zero attached hydrogens (tertiary/aromatic N) is 2. The molecule has 0 atom stereocenters. The minimum Gasteiger partial charge on any atom is -0.159 e. The third-order valence-corrected chi connectivity index (χ3v) is 6.17. The first-order valence-electron chi connectivity index (χ1n) is 11.1. The van der Waals surface area contributed by atoms with Gasteiger partial charge in [0.15, 0.2) is 0 Å². The number of hydrogen-bond acceptors (Lipinski definition) is 2. The lowest BCUT2D eigenvalue weighted by molar-refractivity contribution is 0.319. The molecule has 0 spiro atoms. The molecule has 0 amide bonds. The second-order valence-electron chi connectivity index (χ2n) is 8.20. The summed E-state index contributed by atoms with van der Waals surface area (Å²) in [7, 11) is 0. The van der Waals surface area contributed by atoms with E-state index in [9.17, 15) is 0 Å². The van der Waals surface area contributed by atoms with E-state index in [0.29, 0.717) is 0 Å². The molecular formula is C27H34N2. The van der Waals surface area contributed by atoms with E-state index in [4.69, 9.17) is 0 Å². The Morgan fingerprint density at radius 2 is 1.45 bits per heavy atom. The topological polar surface area (TPSA) is 24.7 Å². The molecule has 1 aliphatic carbocycles. The summed E-state index contributed by atoms with van der Waals surface area (Å²) in [5.74, 6) is 1.69. The molecule has 1 saturated carbocycles. The summed E-state index contributed by atoms with van der Waals surface area (Å²) < 4.78 is 0. The Hall–Kier alpha value is -2.48. The minimum absolute atomic E-state index is 0.738. The van der Waals surface area contributed by atoms with Crippen LogP contribution in [0.5, 0.6) is 0 Å². The van der Waals surface area contributed by atoms with Crippen LogP contribution in [0.25, 0.3) is 0 Å². The van der Waals surface area contributed by atoms with Gasteiger partial charge in [-0.2, -0.15) is 10.2 Å². The van der Waals surface area contributed by atoms with Crippen LogP contribution in [0.1, 0.15) is 80.0 Å². The maximum atomic E-state index is 4.22. The number of rotatable bonds is 9. The van der Waals surface area contributed by atoms with Gasteiger partial charge in [-0.15, -0.1) is 6.58 Å². The Kier molecular flexibility index (Phi) is 8.42. The summed E-state index contributed by atoms with van der Waals surface area (Å²) in [6, 6.07) is 17.4. The summed E-state index contributed by atoms with van der Waals surface area (Å²) >= 11 is 0. The van der Waals surface area contributed by atoms with Crippen LogP contribution in [0.4, 0.5) is 0 Å². The molecule has 0 N–H and O–H groups in total. The van der Waals surface area contributed by atoms with Crippen LogP contribution in [0.2, 0.25) is 0 Å². The normalized spacial score (nSPS) is 19.8. The fourth-order valence-corrected chi connectivity index (χ4v) is 4.18. The summed E-state index contributed by atoms with van der Waals surface area (Å²) in [5.41, 5.74) is 5.02. The molecule has 2 heteroatoms. The molecule has 1 aliphatic rings. The Balaban J connectivity index is 1.48. The van der Waals surface area contributed by atoms with E-state index in [1.807, 2.05) is 18.5 Å². The summed E-state index contributed by atoms with van der Waals surface area (Å²) in [6.07, 6.45) is 15.7. The molecule has 0 radical (unpaired) electrons. The van der Waals surface area contributed by atoms with Crippen LogP contribution in [0, 0.1) is 5.92 Å². The Morgan fingerprint density at radius 3 is 2.00 bits per heavy atom. The first-order valence-corrected chi connectivity index (χ1v) is 11.1. The molecule has 2 aromatic carbocycles. The van der Waals surface area contributed by atoms with Crippen molar-refractivity contribution in [3.05, 3.63) is 83.4 Å². The van der Waals surface area contributed by atoms with Gasteiger partial charge in [-0.05, 0) is 79.0 Å². The Bertz CT molecular complexity index is 791. The quantitative estimate of drug-likeness (QED) is 0.186. The Labute approximate surface area is 176 Å². The zero-order chi connectivity index (χ0) is 20.3. The van der Waals surface area contributed by atoms with Gasteiger partial charge in [0.1, 0.15) is 0 Å². The standard InChI is InChI=1S/C27H34N2/c1-3-5-6-7-23-8-10-24(11-9-23)20-28-29-21-25-14-18-27(19-15-25)26-16-12-22(4-2)13-17-26/h3,8-11,14-15,18-22,26H,1,4-7,12-13,16-17H2,2H3/t22-,26-. The number of unbranched alkanes of at least 4 members (excludes halogenated alkanes) is 1. The second-order valence-corrected chi connectivity index (χ2v) is 8.20. The fraction of sp³-hybridized carbons (Fsp3) is 0.407. The third-order valence-electron chi connectivity index (χ3n) is 6.17. The van der Waals surface area contributed by atoms with Crippen molar-refractivity contribution >= 4 is 12.4 Å². The van der Waals surface area contributed by atoms with E-state index in [1.54, 1.807) is 0 Å².